The number of ether oxygens (including phenoxy) is 2. The monoisotopic (exact) mass is 363 g/mol. The predicted molar refractivity (Wildman–Crippen MR) is 100 cm³/mol. The summed E-state index contributed by atoms with van der Waals surface area (Å²) in [5.41, 5.74) is 1.23. The smallest absolute Gasteiger partial charge is 0.267 e. The SMILES string of the molecule is CCOCCCN1C(=O)C(SC(C)C)=C(c2ccc(OC)cc2)C1=O. The molecule has 1 aliphatic rings. The fourth-order valence-electron chi connectivity index (χ4n) is 2.58. The average Bonchev–Trinajstić information content (AvgIpc) is 2.82. The third-order valence-electron chi connectivity index (χ3n) is 3.73. The molecule has 0 bridgehead atoms. The van der Waals surface area contributed by atoms with Gasteiger partial charge in [-0.15, -0.1) is 11.8 Å². The summed E-state index contributed by atoms with van der Waals surface area (Å²) < 4.78 is 10.5. The quantitative estimate of drug-likeness (QED) is 0.497. The van der Waals surface area contributed by atoms with Gasteiger partial charge < -0.3 is 9.47 Å². The summed E-state index contributed by atoms with van der Waals surface area (Å²) >= 11 is 1.44. The van der Waals surface area contributed by atoms with Crippen molar-refractivity contribution in [1.29, 1.82) is 0 Å². The van der Waals surface area contributed by atoms with Crippen molar-refractivity contribution in [3.05, 3.63) is 34.7 Å². The van der Waals surface area contributed by atoms with Gasteiger partial charge in [-0.05, 0) is 31.0 Å². The Kier molecular flexibility index (Phi) is 7.08. The lowest BCUT2D eigenvalue weighted by molar-refractivity contribution is -0.136. The molecule has 2 rings (SSSR count). The molecule has 5 nitrogen and oxygen atoms in total. The van der Waals surface area contributed by atoms with Gasteiger partial charge in [0.2, 0.25) is 0 Å². The maximum atomic E-state index is 12.9. The van der Waals surface area contributed by atoms with E-state index in [2.05, 4.69) is 0 Å². The fourth-order valence-corrected chi connectivity index (χ4v) is 3.59. The summed E-state index contributed by atoms with van der Waals surface area (Å²) in [5, 5.41) is 0.211. The topological polar surface area (TPSA) is 55.8 Å². The van der Waals surface area contributed by atoms with Crippen LogP contribution in [0.15, 0.2) is 29.2 Å². The normalized spacial score (nSPS) is 14.8. The van der Waals surface area contributed by atoms with Gasteiger partial charge in [0.15, 0.2) is 0 Å². The number of nitrogens with zero attached hydrogens (tertiary/aromatic N) is 1. The van der Waals surface area contributed by atoms with Crippen molar-refractivity contribution >= 4 is 29.1 Å². The standard InChI is InChI=1S/C19H25NO4S/c1-5-24-12-6-11-20-18(21)16(17(19(20)22)25-13(2)3)14-7-9-15(23-4)10-8-14/h7-10,13H,5-6,11-12H2,1-4H3. The number of imide groups is 1. The molecule has 0 atom stereocenters. The summed E-state index contributed by atoms with van der Waals surface area (Å²) in [5.74, 6) is 0.286. The van der Waals surface area contributed by atoms with Gasteiger partial charge in [0.25, 0.3) is 11.8 Å². The van der Waals surface area contributed by atoms with Gasteiger partial charge in [-0.2, -0.15) is 0 Å². The van der Waals surface area contributed by atoms with Crippen LogP contribution >= 0.6 is 11.8 Å². The number of methoxy groups -OCH3 is 1. The highest BCUT2D eigenvalue weighted by molar-refractivity contribution is 8.04. The molecule has 1 aromatic carbocycles. The number of amides is 2. The maximum Gasteiger partial charge on any atom is 0.267 e. The molecule has 2 amide bonds. The minimum Gasteiger partial charge on any atom is -0.497 e. The molecular formula is C19H25NO4S. The lowest BCUT2D eigenvalue weighted by atomic mass is 10.1. The number of benzene rings is 1. The summed E-state index contributed by atoms with van der Waals surface area (Å²) in [4.78, 5) is 27.5. The van der Waals surface area contributed by atoms with Gasteiger partial charge in [-0.3, -0.25) is 14.5 Å². The van der Waals surface area contributed by atoms with E-state index in [1.54, 1.807) is 19.2 Å². The molecule has 0 saturated heterocycles. The lowest BCUT2D eigenvalue weighted by Crippen LogP contribution is -2.33. The minimum atomic E-state index is -0.227. The first kappa shape index (κ1) is 19.5. The Bertz CT molecular complexity index is 652. The van der Waals surface area contributed by atoms with E-state index < -0.39 is 0 Å². The van der Waals surface area contributed by atoms with Crippen molar-refractivity contribution in [2.45, 2.75) is 32.4 Å². The molecule has 0 unspecified atom stereocenters. The van der Waals surface area contributed by atoms with Crippen LogP contribution < -0.4 is 4.74 Å². The van der Waals surface area contributed by atoms with Crippen molar-refractivity contribution in [2.24, 2.45) is 0 Å². The molecule has 6 heteroatoms. The molecule has 136 valence electrons. The Morgan fingerprint density at radius 2 is 1.80 bits per heavy atom. The average molecular weight is 363 g/mol. The minimum absolute atomic E-state index is 0.203. The van der Waals surface area contributed by atoms with Crippen molar-refractivity contribution in [1.82, 2.24) is 4.90 Å². The third-order valence-corrected chi connectivity index (χ3v) is 4.82. The van der Waals surface area contributed by atoms with Crippen LogP contribution in [0.2, 0.25) is 0 Å². The Hall–Kier alpha value is -1.79. The van der Waals surface area contributed by atoms with E-state index in [0.29, 0.717) is 42.4 Å². The first-order valence-corrected chi connectivity index (χ1v) is 9.36. The summed E-state index contributed by atoms with van der Waals surface area (Å²) in [7, 11) is 1.60. The number of thioether (sulfide) groups is 1. The second-order valence-corrected chi connectivity index (χ2v) is 7.50. The van der Waals surface area contributed by atoms with Gasteiger partial charge in [-0.25, -0.2) is 0 Å². The Morgan fingerprint density at radius 1 is 1.12 bits per heavy atom. The molecule has 1 heterocycles. The van der Waals surface area contributed by atoms with E-state index in [9.17, 15) is 9.59 Å². The number of hydrogen-bond donors (Lipinski definition) is 0. The van der Waals surface area contributed by atoms with E-state index in [4.69, 9.17) is 9.47 Å². The van der Waals surface area contributed by atoms with Crippen LogP contribution in [-0.4, -0.2) is 48.8 Å². The number of carbonyl (C=O) groups excluding carboxylic acids is 2. The summed E-state index contributed by atoms with van der Waals surface area (Å²) in [6.45, 7) is 7.49. The van der Waals surface area contributed by atoms with Crippen LogP contribution in [-0.2, 0) is 14.3 Å². The molecule has 1 aliphatic heterocycles. The Balaban J connectivity index is 2.28. The second-order valence-electron chi connectivity index (χ2n) is 5.91. The van der Waals surface area contributed by atoms with Crippen LogP contribution in [0, 0.1) is 0 Å². The molecule has 1 aromatic rings. The van der Waals surface area contributed by atoms with Gasteiger partial charge in [0.05, 0.1) is 17.6 Å². The lowest BCUT2D eigenvalue weighted by Gasteiger charge is -2.15. The van der Waals surface area contributed by atoms with Crippen LogP contribution in [0.3, 0.4) is 0 Å². The van der Waals surface area contributed by atoms with Gasteiger partial charge in [0, 0.05) is 25.0 Å². The van der Waals surface area contributed by atoms with Gasteiger partial charge in [0.1, 0.15) is 5.75 Å². The van der Waals surface area contributed by atoms with Crippen molar-refractivity contribution in [2.75, 3.05) is 26.9 Å². The fraction of sp³-hybridized carbons (Fsp3) is 0.474. The second kappa shape index (κ2) is 9.06. The van der Waals surface area contributed by atoms with Gasteiger partial charge >= 0.3 is 0 Å². The maximum absolute atomic E-state index is 12.9. The number of rotatable bonds is 9. The van der Waals surface area contributed by atoms with Crippen molar-refractivity contribution in [3.63, 3.8) is 0 Å². The molecule has 0 aromatic heterocycles. The van der Waals surface area contributed by atoms with Gasteiger partial charge in [-0.1, -0.05) is 26.0 Å². The molecule has 0 spiro atoms. The number of carbonyl (C=O) groups is 2. The molecule has 0 saturated carbocycles. The van der Waals surface area contributed by atoms with E-state index in [0.717, 1.165) is 5.56 Å². The largest absolute Gasteiger partial charge is 0.497 e. The van der Waals surface area contributed by atoms with Crippen LogP contribution in [0.1, 0.15) is 32.8 Å². The molecular weight excluding hydrogens is 338 g/mol. The summed E-state index contributed by atoms with van der Waals surface area (Å²) in [6, 6.07) is 7.25. The molecule has 0 fully saturated rings. The first-order valence-electron chi connectivity index (χ1n) is 8.48. The van der Waals surface area contributed by atoms with Crippen LogP contribution in [0.4, 0.5) is 0 Å². The molecule has 0 N–H and O–H groups in total. The highest BCUT2D eigenvalue weighted by atomic mass is 32.2. The third kappa shape index (κ3) is 4.64. The van der Waals surface area contributed by atoms with E-state index in [1.807, 2.05) is 32.9 Å². The zero-order chi connectivity index (χ0) is 18.4. The van der Waals surface area contributed by atoms with Crippen LogP contribution in [0.5, 0.6) is 5.75 Å². The van der Waals surface area contributed by atoms with E-state index in [1.165, 1.54) is 16.7 Å². The highest BCUT2D eigenvalue weighted by Gasteiger charge is 2.39. The molecule has 25 heavy (non-hydrogen) atoms. The zero-order valence-electron chi connectivity index (χ0n) is 15.2. The zero-order valence-corrected chi connectivity index (χ0v) is 16.0. The predicted octanol–water partition coefficient (Wildman–Crippen LogP) is 3.34. The van der Waals surface area contributed by atoms with Crippen molar-refractivity contribution < 1.29 is 19.1 Å². The van der Waals surface area contributed by atoms with Crippen LogP contribution in [0.25, 0.3) is 5.57 Å². The number of hydrogen-bond acceptors (Lipinski definition) is 5. The Morgan fingerprint density at radius 3 is 2.36 bits per heavy atom. The van der Waals surface area contributed by atoms with Crippen molar-refractivity contribution in [3.8, 4) is 5.75 Å². The molecule has 0 aliphatic carbocycles. The molecule has 0 radical (unpaired) electrons. The highest BCUT2D eigenvalue weighted by Crippen LogP contribution is 2.38. The first-order chi connectivity index (χ1) is 12.0. The van der Waals surface area contributed by atoms with E-state index in [-0.39, 0.29) is 17.1 Å². The Labute approximate surface area is 153 Å². The van der Waals surface area contributed by atoms with E-state index >= 15 is 0 Å². The summed E-state index contributed by atoms with van der Waals surface area (Å²) in [6.07, 6.45) is 0.640.